The molecule has 0 aromatic carbocycles. The van der Waals surface area contributed by atoms with E-state index < -0.39 is 0 Å². The van der Waals surface area contributed by atoms with Gasteiger partial charge in [0.1, 0.15) is 5.82 Å². The second-order valence-corrected chi connectivity index (χ2v) is 5.22. The lowest BCUT2D eigenvalue weighted by Crippen LogP contribution is -2.12. The fourth-order valence-electron chi connectivity index (χ4n) is 2.38. The fraction of sp³-hybridized carbons (Fsp3) is 0.400. The highest BCUT2D eigenvalue weighted by Gasteiger charge is 2.19. The highest BCUT2D eigenvalue weighted by molar-refractivity contribution is 5.42. The molecule has 2 N–H and O–H groups in total. The van der Waals surface area contributed by atoms with Gasteiger partial charge in [-0.25, -0.2) is 4.98 Å². The third-order valence-electron chi connectivity index (χ3n) is 3.42. The first kappa shape index (κ1) is 12.7. The standard InChI is InChI=1S/C15H21N3/c1-11(2)14(9-12-6-8-18(3)10-12)13-5-4-7-17-15(13)16/h4-8,10-11,14H,9H2,1-3H3,(H2,16,17)/t14-/m0/s1. The molecule has 0 unspecified atom stereocenters. The molecule has 2 aromatic heterocycles. The summed E-state index contributed by atoms with van der Waals surface area (Å²) < 4.78 is 2.08. The summed E-state index contributed by atoms with van der Waals surface area (Å²) in [5.74, 6) is 1.62. The van der Waals surface area contributed by atoms with Crippen molar-refractivity contribution >= 4 is 5.82 Å². The minimum atomic E-state index is 0.418. The number of nitrogens with zero attached hydrogens (tertiary/aromatic N) is 2. The van der Waals surface area contributed by atoms with Crippen molar-refractivity contribution in [3.8, 4) is 0 Å². The maximum absolute atomic E-state index is 6.00. The molecule has 2 heterocycles. The molecule has 0 aliphatic rings. The highest BCUT2D eigenvalue weighted by atomic mass is 14.9. The largest absolute Gasteiger partial charge is 0.383 e. The molecule has 0 saturated carbocycles. The quantitative estimate of drug-likeness (QED) is 0.897. The zero-order valence-corrected chi connectivity index (χ0v) is 11.3. The van der Waals surface area contributed by atoms with Crippen LogP contribution in [-0.4, -0.2) is 9.55 Å². The van der Waals surface area contributed by atoms with Crippen molar-refractivity contribution in [3.63, 3.8) is 0 Å². The van der Waals surface area contributed by atoms with Crippen molar-refractivity contribution in [3.05, 3.63) is 47.9 Å². The molecular weight excluding hydrogens is 222 g/mol. The number of aryl methyl sites for hydroxylation is 1. The molecule has 0 radical (unpaired) electrons. The molecule has 3 heteroatoms. The lowest BCUT2D eigenvalue weighted by Gasteiger charge is -2.21. The van der Waals surface area contributed by atoms with Crippen molar-refractivity contribution < 1.29 is 0 Å². The number of anilines is 1. The van der Waals surface area contributed by atoms with Crippen LogP contribution in [0.2, 0.25) is 0 Å². The van der Waals surface area contributed by atoms with E-state index in [0.717, 1.165) is 12.0 Å². The summed E-state index contributed by atoms with van der Waals surface area (Å²) in [4.78, 5) is 4.20. The Morgan fingerprint density at radius 1 is 1.33 bits per heavy atom. The average Bonchev–Trinajstić information content (AvgIpc) is 2.73. The molecule has 0 bridgehead atoms. The van der Waals surface area contributed by atoms with Gasteiger partial charge in [0.05, 0.1) is 0 Å². The molecule has 0 fully saturated rings. The van der Waals surface area contributed by atoms with Crippen molar-refractivity contribution in [1.82, 2.24) is 9.55 Å². The first-order valence-corrected chi connectivity index (χ1v) is 6.39. The molecule has 1 atom stereocenters. The van der Waals surface area contributed by atoms with Crippen LogP contribution in [0.3, 0.4) is 0 Å². The highest BCUT2D eigenvalue weighted by Crippen LogP contribution is 2.31. The van der Waals surface area contributed by atoms with Gasteiger partial charge in [0.25, 0.3) is 0 Å². The first-order valence-electron chi connectivity index (χ1n) is 6.39. The smallest absolute Gasteiger partial charge is 0.126 e. The van der Waals surface area contributed by atoms with Gasteiger partial charge >= 0.3 is 0 Å². The van der Waals surface area contributed by atoms with Gasteiger partial charge in [0, 0.05) is 25.6 Å². The minimum absolute atomic E-state index is 0.418. The Morgan fingerprint density at radius 3 is 2.67 bits per heavy atom. The summed E-state index contributed by atoms with van der Waals surface area (Å²) in [7, 11) is 2.05. The van der Waals surface area contributed by atoms with Crippen molar-refractivity contribution in [1.29, 1.82) is 0 Å². The number of hydrogen-bond donors (Lipinski definition) is 1. The topological polar surface area (TPSA) is 43.8 Å². The predicted molar refractivity (Wildman–Crippen MR) is 75.3 cm³/mol. The summed E-state index contributed by atoms with van der Waals surface area (Å²) in [5.41, 5.74) is 8.51. The summed E-state index contributed by atoms with van der Waals surface area (Å²) in [5, 5.41) is 0. The van der Waals surface area contributed by atoms with E-state index in [1.165, 1.54) is 5.56 Å². The van der Waals surface area contributed by atoms with E-state index in [4.69, 9.17) is 5.73 Å². The summed E-state index contributed by atoms with van der Waals surface area (Å²) in [6.45, 7) is 4.47. The predicted octanol–water partition coefficient (Wildman–Crippen LogP) is 2.98. The van der Waals surface area contributed by atoms with E-state index in [0.29, 0.717) is 17.7 Å². The number of nitrogen functional groups attached to an aromatic ring is 1. The van der Waals surface area contributed by atoms with Crippen LogP contribution >= 0.6 is 0 Å². The molecule has 0 saturated heterocycles. The van der Waals surface area contributed by atoms with Crippen LogP contribution in [0, 0.1) is 5.92 Å². The Morgan fingerprint density at radius 2 is 2.11 bits per heavy atom. The van der Waals surface area contributed by atoms with Crippen LogP contribution < -0.4 is 5.73 Å². The molecular formula is C15H21N3. The van der Waals surface area contributed by atoms with E-state index >= 15 is 0 Å². The molecule has 0 spiro atoms. The SMILES string of the molecule is CC(C)[C@H](Cc1ccn(C)c1)c1cccnc1N. The van der Waals surface area contributed by atoms with E-state index in [9.17, 15) is 0 Å². The van der Waals surface area contributed by atoms with Crippen molar-refractivity contribution in [2.75, 3.05) is 5.73 Å². The minimum Gasteiger partial charge on any atom is -0.383 e. The van der Waals surface area contributed by atoms with Crippen LogP contribution in [0.25, 0.3) is 0 Å². The molecule has 0 aliphatic heterocycles. The molecule has 0 aliphatic carbocycles. The summed E-state index contributed by atoms with van der Waals surface area (Å²) >= 11 is 0. The van der Waals surface area contributed by atoms with Crippen molar-refractivity contribution in [2.24, 2.45) is 13.0 Å². The number of pyridine rings is 1. The number of nitrogens with two attached hydrogens (primary N) is 1. The molecule has 0 amide bonds. The number of rotatable bonds is 4. The molecule has 18 heavy (non-hydrogen) atoms. The van der Waals surface area contributed by atoms with E-state index in [1.807, 2.05) is 13.1 Å². The van der Waals surface area contributed by atoms with E-state index in [-0.39, 0.29) is 0 Å². The first-order chi connectivity index (χ1) is 8.58. The van der Waals surface area contributed by atoms with Crippen molar-refractivity contribution in [2.45, 2.75) is 26.2 Å². The monoisotopic (exact) mass is 243 g/mol. The number of aromatic nitrogens is 2. The maximum Gasteiger partial charge on any atom is 0.126 e. The van der Waals surface area contributed by atoms with Gasteiger partial charge in [-0.15, -0.1) is 0 Å². The normalized spacial score (nSPS) is 12.9. The van der Waals surface area contributed by atoms with E-state index in [1.54, 1.807) is 6.20 Å². The Kier molecular flexibility index (Phi) is 3.70. The lowest BCUT2D eigenvalue weighted by atomic mass is 9.84. The van der Waals surface area contributed by atoms with Crippen LogP contribution in [0.1, 0.15) is 30.9 Å². The average molecular weight is 243 g/mol. The van der Waals surface area contributed by atoms with Crippen LogP contribution in [-0.2, 0) is 13.5 Å². The summed E-state index contributed by atoms with van der Waals surface area (Å²) in [6.07, 6.45) is 7.01. The second-order valence-electron chi connectivity index (χ2n) is 5.22. The molecule has 96 valence electrons. The number of hydrogen-bond acceptors (Lipinski definition) is 2. The Balaban J connectivity index is 2.27. The second kappa shape index (κ2) is 5.25. The molecule has 2 aromatic rings. The third kappa shape index (κ3) is 2.73. The molecule has 2 rings (SSSR count). The van der Waals surface area contributed by atoms with Gasteiger partial charge < -0.3 is 10.3 Å². The lowest BCUT2D eigenvalue weighted by molar-refractivity contribution is 0.495. The van der Waals surface area contributed by atoms with Crippen LogP contribution in [0.4, 0.5) is 5.82 Å². The van der Waals surface area contributed by atoms with E-state index in [2.05, 4.69) is 47.9 Å². The maximum atomic E-state index is 6.00. The van der Waals surface area contributed by atoms with Crippen LogP contribution in [0.5, 0.6) is 0 Å². The zero-order chi connectivity index (χ0) is 13.1. The zero-order valence-electron chi connectivity index (χ0n) is 11.3. The van der Waals surface area contributed by atoms with Crippen LogP contribution in [0.15, 0.2) is 36.8 Å². The Labute approximate surface area is 109 Å². The fourth-order valence-corrected chi connectivity index (χ4v) is 2.38. The summed E-state index contributed by atoms with van der Waals surface area (Å²) in [6, 6.07) is 6.23. The van der Waals surface area contributed by atoms with Gasteiger partial charge in [0.15, 0.2) is 0 Å². The third-order valence-corrected chi connectivity index (χ3v) is 3.42. The Bertz CT molecular complexity index is 514. The van der Waals surface area contributed by atoms with Gasteiger partial charge in [-0.1, -0.05) is 19.9 Å². The van der Waals surface area contributed by atoms with Gasteiger partial charge in [-0.3, -0.25) is 0 Å². The van der Waals surface area contributed by atoms with Gasteiger partial charge in [-0.2, -0.15) is 0 Å². The molecule has 3 nitrogen and oxygen atoms in total. The van der Waals surface area contributed by atoms with Gasteiger partial charge in [-0.05, 0) is 41.5 Å². The van der Waals surface area contributed by atoms with Gasteiger partial charge in [0.2, 0.25) is 0 Å². The Hall–Kier alpha value is -1.77.